The Morgan fingerprint density at radius 3 is 3.00 bits per heavy atom. The summed E-state index contributed by atoms with van der Waals surface area (Å²) in [5.74, 6) is 0.925. The predicted octanol–water partition coefficient (Wildman–Crippen LogP) is 1.75. The standard InChI is InChI=1S/C10H16N2S/c11-6-9(10-2-1-5-13-10)12-7-8-3-4-8/h1-2,5,8-9,12H,3-4,6-7,11H2. The molecule has 3 heteroatoms. The monoisotopic (exact) mass is 196 g/mol. The van der Waals surface area contributed by atoms with Crippen LogP contribution in [0.15, 0.2) is 17.5 Å². The Morgan fingerprint density at radius 1 is 1.62 bits per heavy atom. The predicted molar refractivity (Wildman–Crippen MR) is 56.8 cm³/mol. The molecule has 1 aliphatic rings. The van der Waals surface area contributed by atoms with Crippen LogP contribution in [-0.2, 0) is 0 Å². The van der Waals surface area contributed by atoms with Crippen LogP contribution >= 0.6 is 11.3 Å². The van der Waals surface area contributed by atoms with E-state index in [0.29, 0.717) is 12.6 Å². The van der Waals surface area contributed by atoms with Crippen molar-refractivity contribution in [3.05, 3.63) is 22.4 Å². The van der Waals surface area contributed by atoms with Crippen LogP contribution in [0.1, 0.15) is 23.8 Å². The molecule has 1 saturated carbocycles. The van der Waals surface area contributed by atoms with Gasteiger partial charge in [-0.25, -0.2) is 0 Å². The van der Waals surface area contributed by atoms with E-state index in [4.69, 9.17) is 5.73 Å². The highest BCUT2D eigenvalue weighted by Crippen LogP contribution is 2.28. The highest BCUT2D eigenvalue weighted by Gasteiger charge is 2.22. The van der Waals surface area contributed by atoms with E-state index >= 15 is 0 Å². The van der Waals surface area contributed by atoms with Crippen molar-refractivity contribution in [3.8, 4) is 0 Å². The van der Waals surface area contributed by atoms with Gasteiger partial charge in [-0.3, -0.25) is 0 Å². The highest BCUT2D eigenvalue weighted by atomic mass is 32.1. The lowest BCUT2D eigenvalue weighted by atomic mass is 10.2. The van der Waals surface area contributed by atoms with Gasteiger partial charge in [0.1, 0.15) is 0 Å². The molecule has 2 nitrogen and oxygen atoms in total. The molecule has 3 N–H and O–H groups in total. The highest BCUT2D eigenvalue weighted by molar-refractivity contribution is 7.10. The van der Waals surface area contributed by atoms with E-state index in [-0.39, 0.29) is 0 Å². The lowest BCUT2D eigenvalue weighted by Gasteiger charge is -2.14. The van der Waals surface area contributed by atoms with Crippen molar-refractivity contribution in [2.45, 2.75) is 18.9 Å². The number of rotatable bonds is 5. The Bertz CT molecular complexity index is 241. The molecule has 1 aromatic heterocycles. The van der Waals surface area contributed by atoms with Crippen molar-refractivity contribution in [2.75, 3.05) is 13.1 Å². The zero-order valence-corrected chi connectivity index (χ0v) is 8.52. The minimum atomic E-state index is 0.376. The maximum Gasteiger partial charge on any atom is 0.0539 e. The van der Waals surface area contributed by atoms with Crippen molar-refractivity contribution >= 4 is 11.3 Å². The summed E-state index contributed by atoms with van der Waals surface area (Å²) in [6.45, 7) is 1.84. The average Bonchev–Trinajstić information content (AvgIpc) is 2.81. The van der Waals surface area contributed by atoms with Gasteiger partial charge in [0.25, 0.3) is 0 Å². The molecule has 1 aromatic rings. The SMILES string of the molecule is NCC(NCC1CC1)c1cccs1. The molecule has 0 aliphatic heterocycles. The van der Waals surface area contributed by atoms with Crippen LogP contribution < -0.4 is 11.1 Å². The van der Waals surface area contributed by atoms with Gasteiger partial charge in [-0.15, -0.1) is 11.3 Å². The van der Waals surface area contributed by atoms with E-state index < -0.39 is 0 Å². The molecule has 1 fully saturated rings. The molecule has 0 saturated heterocycles. The molecule has 0 bridgehead atoms. The molecule has 2 rings (SSSR count). The molecule has 1 heterocycles. The van der Waals surface area contributed by atoms with E-state index in [1.807, 2.05) is 0 Å². The van der Waals surface area contributed by atoms with E-state index in [1.54, 1.807) is 11.3 Å². The first kappa shape index (κ1) is 9.19. The quantitative estimate of drug-likeness (QED) is 0.753. The van der Waals surface area contributed by atoms with Gasteiger partial charge < -0.3 is 11.1 Å². The fourth-order valence-corrected chi connectivity index (χ4v) is 2.24. The van der Waals surface area contributed by atoms with Crippen molar-refractivity contribution < 1.29 is 0 Å². The maximum atomic E-state index is 5.71. The Balaban J connectivity index is 1.85. The zero-order chi connectivity index (χ0) is 9.10. The largest absolute Gasteiger partial charge is 0.329 e. The van der Waals surface area contributed by atoms with Crippen LogP contribution in [0.5, 0.6) is 0 Å². The van der Waals surface area contributed by atoms with Crippen molar-refractivity contribution in [3.63, 3.8) is 0 Å². The third-order valence-electron chi connectivity index (χ3n) is 2.47. The first-order valence-corrected chi connectivity index (χ1v) is 5.75. The van der Waals surface area contributed by atoms with Gasteiger partial charge in [-0.1, -0.05) is 6.07 Å². The number of nitrogens with one attached hydrogen (secondary N) is 1. The van der Waals surface area contributed by atoms with Crippen LogP contribution in [0.25, 0.3) is 0 Å². The molecule has 1 aliphatic carbocycles. The van der Waals surface area contributed by atoms with Gasteiger partial charge in [0, 0.05) is 11.4 Å². The van der Waals surface area contributed by atoms with E-state index in [1.165, 1.54) is 17.7 Å². The summed E-state index contributed by atoms with van der Waals surface area (Å²) < 4.78 is 0. The van der Waals surface area contributed by atoms with Crippen LogP contribution in [0.3, 0.4) is 0 Å². The molecule has 0 aromatic carbocycles. The van der Waals surface area contributed by atoms with Gasteiger partial charge >= 0.3 is 0 Å². The first-order chi connectivity index (χ1) is 6.40. The van der Waals surface area contributed by atoms with Gasteiger partial charge in [0.05, 0.1) is 6.04 Å². The molecule has 13 heavy (non-hydrogen) atoms. The number of hydrogen-bond acceptors (Lipinski definition) is 3. The number of nitrogens with two attached hydrogens (primary N) is 1. The Labute approximate surface area is 83.1 Å². The van der Waals surface area contributed by atoms with Crippen molar-refractivity contribution in [2.24, 2.45) is 11.7 Å². The molecule has 1 atom stereocenters. The van der Waals surface area contributed by atoms with E-state index in [2.05, 4.69) is 22.8 Å². The summed E-state index contributed by atoms with van der Waals surface area (Å²) in [6, 6.07) is 4.62. The third-order valence-corrected chi connectivity index (χ3v) is 3.46. The maximum absolute atomic E-state index is 5.71. The Kier molecular flexibility index (Phi) is 2.98. The smallest absolute Gasteiger partial charge is 0.0539 e. The molecule has 72 valence electrons. The molecular weight excluding hydrogens is 180 g/mol. The molecule has 0 spiro atoms. The van der Waals surface area contributed by atoms with Gasteiger partial charge in [0.15, 0.2) is 0 Å². The normalized spacial score (nSPS) is 18.8. The average molecular weight is 196 g/mol. The number of hydrogen-bond donors (Lipinski definition) is 2. The van der Waals surface area contributed by atoms with E-state index in [9.17, 15) is 0 Å². The van der Waals surface area contributed by atoms with Gasteiger partial charge in [0.2, 0.25) is 0 Å². The fourth-order valence-electron chi connectivity index (χ4n) is 1.42. The fraction of sp³-hybridized carbons (Fsp3) is 0.600. The van der Waals surface area contributed by atoms with Crippen LogP contribution in [0, 0.1) is 5.92 Å². The second-order valence-corrected chi connectivity index (χ2v) is 4.63. The summed E-state index contributed by atoms with van der Waals surface area (Å²) >= 11 is 1.79. The second kappa shape index (κ2) is 4.22. The van der Waals surface area contributed by atoms with Crippen LogP contribution in [0.2, 0.25) is 0 Å². The summed E-state index contributed by atoms with van der Waals surface area (Å²) in [5, 5.41) is 5.63. The molecule has 0 radical (unpaired) electrons. The minimum Gasteiger partial charge on any atom is -0.329 e. The number of thiophene rings is 1. The molecular formula is C10H16N2S. The Hall–Kier alpha value is -0.380. The topological polar surface area (TPSA) is 38.0 Å². The van der Waals surface area contributed by atoms with Crippen LogP contribution in [-0.4, -0.2) is 13.1 Å². The first-order valence-electron chi connectivity index (χ1n) is 4.87. The molecule has 1 unspecified atom stereocenters. The lowest BCUT2D eigenvalue weighted by molar-refractivity contribution is 0.529. The van der Waals surface area contributed by atoms with Gasteiger partial charge in [-0.2, -0.15) is 0 Å². The summed E-state index contributed by atoms with van der Waals surface area (Å²) in [4.78, 5) is 1.36. The zero-order valence-electron chi connectivity index (χ0n) is 7.70. The summed E-state index contributed by atoms with van der Waals surface area (Å²) in [7, 11) is 0. The van der Waals surface area contributed by atoms with Crippen molar-refractivity contribution in [1.82, 2.24) is 5.32 Å². The minimum absolute atomic E-state index is 0.376. The van der Waals surface area contributed by atoms with E-state index in [0.717, 1.165) is 12.5 Å². The molecule has 0 amide bonds. The van der Waals surface area contributed by atoms with Gasteiger partial charge in [-0.05, 0) is 36.8 Å². The second-order valence-electron chi connectivity index (χ2n) is 3.66. The van der Waals surface area contributed by atoms with Crippen LogP contribution in [0.4, 0.5) is 0 Å². The third kappa shape index (κ3) is 2.53. The lowest BCUT2D eigenvalue weighted by Crippen LogP contribution is -2.29. The summed E-state index contributed by atoms with van der Waals surface area (Å²) in [6.07, 6.45) is 2.80. The summed E-state index contributed by atoms with van der Waals surface area (Å²) in [5.41, 5.74) is 5.71. The Morgan fingerprint density at radius 2 is 2.46 bits per heavy atom. The van der Waals surface area contributed by atoms with Crippen molar-refractivity contribution in [1.29, 1.82) is 0 Å².